The van der Waals surface area contributed by atoms with E-state index in [1.165, 1.54) is 12.5 Å². The molecule has 6 heteroatoms. The van der Waals surface area contributed by atoms with Gasteiger partial charge in [0, 0.05) is 26.1 Å². The van der Waals surface area contributed by atoms with E-state index in [-0.39, 0.29) is 17.9 Å². The highest BCUT2D eigenvalue weighted by Crippen LogP contribution is 2.30. The number of nitrogens with one attached hydrogen (secondary N) is 1. The Bertz CT molecular complexity index is 763. The molecular formula is C20H24N4O2. The zero-order chi connectivity index (χ0) is 18.4. The highest BCUT2D eigenvalue weighted by atomic mass is 16.2. The van der Waals surface area contributed by atoms with E-state index >= 15 is 0 Å². The van der Waals surface area contributed by atoms with Gasteiger partial charge in [0.05, 0.1) is 18.3 Å². The van der Waals surface area contributed by atoms with E-state index in [9.17, 15) is 9.59 Å². The molecule has 1 aliphatic rings. The summed E-state index contributed by atoms with van der Waals surface area (Å²) in [5.74, 6) is 0.717. The minimum Gasteiger partial charge on any atom is -0.351 e. The normalized spacial score (nSPS) is 16.5. The molecule has 26 heavy (non-hydrogen) atoms. The molecule has 0 aliphatic carbocycles. The summed E-state index contributed by atoms with van der Waals surface area (Å²) in [6.07, 6.45) is 4.77. The van der Waals surface area contributed by atoms with Gasteiger partial charge in [-0.2, -0.15) is 0 Å². The van der Waals surface area contributed by atoms with Gasteiger partial charge in [-0.3, -0.25) is 9.59 Å². The molecule has 3 rings (SSSR count). The smallest absolute Gasteiger partial charge is 0.223 e. The van der Waals surface area contributed by atoms with E-state index in [4.69, 9.17) is 0 Å². The predicted molar refractivity (Wildman–Crippen MR) is 98.0 cm³/mol. The lowest BCUT2D eigenvalue weighted by Gasteiger charge is -2.24. The van der Waals surface area contributed by atoms with Gasteiger partial charge in [-0.25, -0.2) is 9.97 Å². The Morgan fingerprint density at radius 2 is 2.04 bits per heavy atom. The first kappa shape index (κ1) is 18.0. The standard InChI is InChI=1S/C20H24N4O2/c1-15(25)22-14-17-11-12-21-20(23-17)18-8-5-13-24(18)19(26)10-9-16-6-3-2-4-7-16/h2-4,6-7,11-12,18H,5,8-10,13-14H2,1H3,(H,22,25)/t18-/m1/s1. The van der Waals surface area contributed by atoms with Crippen LogP contribution < -0.4 is 5.32 Å². The molecule has 0 saturated carbocycles. The number of rotatable bonds is 6. The molecule has 1 saturated heterocycles. The van der Waals surface area contributed by atoms with E-state index in [0.29, 0.717) is 18.8 Å². The Labute approximate surface area is 153 Å². The molecule has 2 aromatic rings. The summed E-state index contributed by atoms with van der Waals surface area (Å²) in [4.78, 5) is 34.6. The summed E-state index contributed by atoms with van der Waals surface area (Å²) in [5.41, 5.74) is 1.93. The maximum absolute atomic E-state index is 12.7. The van der Waals surface area contributed by atoms with Crippen LogP contribution in [0, 0.1) is 0 Å². The zero-order valence-corrected chi connectivity index (χ0v) is 15.0. The quantitative estimate of drug-likeness (QED) is 0.866. The Balaban J connectivity index is 1.64. The average Bonchev–Trinajstić information content (AvgIpc) is 3.15. The molecule has 0 unspecified atom stereocenters. The maximum Gasteiger partial charge on any atom is 0.223 e. The van der Waals surface area contributed by atoms with Gasteiger partial charge in [-0.15, -0.1) is 0 Å². The van der Waals surface area contributed by atoms with Crippen molar-refractivity contribution < 1.29 is 9.59 Å². The van der Waals surface area contributed by atoms with E-state index in [1.54, 1.807) is 12.3 Å². The van der Waals surface area contributed by atoms with Gasteiger partial charge in [0.15, 0.2) is 5.82 Å². The van der Waals surface area contributed by atoms with E-state index in [2.05, 4.69) is 15.3 Å². The molecule has 0 radical (unpaired) electrons. The summed E-state index contributed by atoms with van der Waals surface area (Å²) in [5, 5.41) is 2.74. The number of nitrogens with zero attached hydrogens (tertiary/aromatic N) is 3. The average molecular weight is 352 g/mol. The van der Waals surface area contributed by atoms with Gasteiger partial charge in [0.1, 0.15) is 0 Å². The van der Waals surface area contributed by atoms with Crippen LogP contribution >= 0.6 is 0 Å². The van der Waals surface area contributed by atoms with Crippen molar-refractivity contribution in [2.24, 2.45) is 0 Å². The first-order valence-electron chi connectivity index (χ1n) is 9.03. The summed E-state index contributed by atoms with van der Waals surface area (Å²) in [7, 11) is 0. The van der Waals surface area contributed by atoms with Gasteiger partial charge in [-0.05, 0) is 30.9 Å². The summed E-state index contributed by atoms with van der Waals surface area (Å²) in [6, 6.07) is 11.8. The van der Waals surface area contributed by atoms with Crippen molar-refractivity contribution in [1.82, 2.24) is 20.2 Å². The largest absolute Gasteiger partial charge is 0.351 e. The monoisotopic (exact) mass is 352 g/mol. The summed E-state index contributed by atoms with van der Waals surface area (Å²) in [6.45, 7) is 2.60. The Morgan fingerprint density at radius 3 is 2.81 bits per heavy atom. The first-order chi connectivity index (χ1) is 12.6. The molecule has 2 heterocycles. The number of aryl methyl sites for hydroxylation is 1. The number of carbonyl (C=O) groups excluding carboxylic acids is 2. The fourth-order valence-electron chi connectivity index (χ4n) is 3.26. The van der Waals surface area contributed by atoms with Crippen LogP contribution in [0.5, 0.6) is 0 Å². The number of hydrogen-bond acceptors (Lipinski definition) is 4. The molecule has 136 valence electrons. The van der Waals surface area contributed by atoms with Crippen molar-refractivity contribution in [3.63, 3.8) is 0 Å². The van der Waals surface area contributed by atoms with Crippen molar-refractivity contribution in [2.75, 3.05) is 6.54 Å². The summed E-state index contributed by atoms with van der Waals surface area (Å²) < 4.78 is 0. The number of carbonyl (C=O) groups is 2. The van der Waals surface area contributed by atoms with Crippen LogP contribution in [0.3, 0.4) is 0 Å². The lowest BCUT2D eigenvalue weighted by Crippen LogP contribution is -2.32. The van der Waals surface area contributed by atoms with Crippen molar-refractivity contribution in [2.45, 2.75) is 45.2 Å². The number of benzene rings is 1. The molecular weight excluding hydrogens is 328 g/mol. The van der Waals surface area contributed by atoms with Crippen LogP contribution in [-0.2, 0) is 22.6 Å². The Morgan fingerprint density at radius 1 is 1.23 bits per heavy atom. The number of hydrogen-bond donors (Lipinski definition) is 1. The highest BCUT2D eigenvalue weighted by molar-refractivity contribution is 5.77. The van der Waals surface area contributed by atoms with Crippen molar-refractivity contribution in [3.8, 4) is 0 Å². The maximum atomic E-state index is 12.7. The molecule has 1 atom stereocenters. The molecule has 1 aromatic carbocycles. The van der Waals surface area contributed by atoms with E-state index in [0.717, 1.165) is 31.5 Å². The van der Waals surface area contributed by atoms with Gasteiger partial charge in [0.2, 0.25) is 11.8 Å². The van der Waals surface area contributed by atoms with Crippen molar-refractivity contribution in [3.05, 3.63) is 59.7 Å². The lowest BCUT2D eigenvalue weighted by atomic mass is 10.1. The minimum absolute atomic E-state index is 0.0736. The third-order valence-corrected chi connectivity index (χ3v) is 4.59. The lowest BCUT2D eigenvalue weighted by molar-refractivity contribution is -0.132. The molecule has 0 spiro atoms. The third-order valence-electron chi connectivity index (χ3n) is 4.59. The van der Waals surface area contributed by atoms with Crippen molar-refractivity contribution >= 4 is 11.8 Å². The summed E-state index contributed by atoms with van der Waals surface area (Å²) >= 11 is 0. The molecule has 1 aromatic heterocycles. The number of amides is 2. The molecule has 0 bridgehead atoms. The molecule has 1 aliphatic heterocycles. The molecule has 1 N–H and O–H groups in total. The molecule has 6 nitrogen and oxygen atoms in total. The van der Waals surface area contributed by atoms with Gasteiger partial charge in [-0.1, -0.05) is 30.3 Å². The van der Waals surface area contributed by atoms with E-state index < -0.39 is 0 Å². The number of aromatic nitrogens is 2. The fourth-order valence-corrected chi connectivity index (χ4v) is 3.26. The third kappa shape index (κ3) is 4.65. The molecule has 2 amide bonds. The van der Waals surface area contributed by atoms with Gasteiger partial charge < -0.3 is 10.2 Å². The SMILES string of the molecule is CC(=O)NCc1ccnc([C@H]2CCCN2C(=O)CCc2ccccc2)n1. The van der Waals surface area contributed by atoms with Crippen LogP contribution in [0.15, 0.2) is 42.6 Å². The second-order valence-electron chi connectivity index (χ2n) is 6.55. The second-order valence-corrected chi connectivity index (χ2v) is 6.55. The first-order valence-corrected chi connectivity index (χ1v) is 9.03. The predicted octanol–water partition coefficient (Wildman–Crippen LogP) is 2.41. The van der Waals surface area contributed by atoms with Crippen molar-refractivity contribution in [1.29, 1.82) is 0 Å². The Hall–Kier alpha value is -2.76. The fraction of sp³-hybridized carbons (Fsp3) is 0.400. The van der Waals surface area contributed by atoms with Crippen LogP contribution in [0.25, 0.3) is 0 Å². The van der Waals surface area contributed by atoms with E-state index in [1.807, 2.05) is 35.2 Å². The van der Waals surface area contributed by atoms with Crippen LogP contribution in [0.2, 0.25) is 0 Å². The minimum atomic E-state index is -0.0938. The highest BCUT2D eigenvalue weighted by Gasteiger charge is 2.31. The van der Waals surface area contributed by atoms with Crippen LogP contribution in [0.4, 0.5) is 0 Å². The van der Waals surface area contributed by atoms with Gasteiger partial charge in [0.25, 0.3) is 0 Å². The Kier molecular flexibility index (Phi) is 5.94. The number of likely N-dealkylation sites (tertiary alicyclic amines) is 1. The van der Waals surface area contributed by atoms with Gasteiger partial charge >= 0.3 is 0 Å². The van der Waals surface area contributed by atoms with Crippen LogP contribution in [0.1, 0.15) is 49.3 Å². The second kappa shape index (κ2) is 8.56. The topological polar surface area (TPSA) is 75.2 Å². The molecule has 1 fully saturated rings. The zero-order valence-electron chi connectivity index (χ0n) is 15.0. The van der Waals surface area contributed by atoms with Crippen LogP contribution in [-0.4, -0.2) is 33.2 Å².